The monoisotopic (exact) mass is 292 g/mol. The van der Waals surface area contributed by atoms with Gasteiger partial charge < -0.3 is 2.85 Å². The summed E-state index contributed by atoms with van der Waals surface area (Å²) in [5.41, 5.74) is 0. The van der Waals surface area contributed by atoms with Crippen molar-refractivity contribution in [3.05, 3.63) is 0 Å². The summed E-state index contributed by atoms with van der Waals surface area (Å²) in [7, 11) is -4.23. The Morgan fingerprint density at radius 2 is 1.28 bits per heavy atom. The van der Waals surface area contributed by atoms with Crippen molar-refractivity contribution in [3.63, 3.8) is 0 Å². The van der Waals surface area contributed by atoms with Gasteiger partial charge in [0, 0.05) is 0 Å². The summed E-state index contributed by atoms with van der Waals surface area (Å²) in [4.78, 5) is 0. The number of unbranched alkanes of at least 4 members (excludes halogenated alkanes) is 9. The van der Waals surface area contributed by atoms with E-state index in [9.17, 15) is 8.42 Å². The van der Waals surface area contributed by atoms with Gasteiger partial charge in [-0.15, -0.1) is 0 Å². The second-order valence-corrected chi connectivity index (χ2v) is 5.52. The molecule has 0 unspecified atom stereocenters. The summed E-state index contributed by atoms with van der Waals surface area (Å²) < 4.78 is 33.0. The molecule has 0 aromatic rings. The molecule has 1 N–H and O–H groups in total. The van der Waals surface area contributed by atoms with E-state index in [0.717, 1.165) is 12.8 Å². The van der Waals surface area contributed by atoms with Gasteiger partial charge in [0.2, 0.25) is 0 Å². The minimum atomic E-state index is -4.23. The second-order valence-electron chi connectivity index (χ2n) is 4.43. The molecule has 0 bridgehead atoms. The SMILES string of the molecule is CCCCCCCCCCCCOS(=O)(=O)O.[H-].[H-].[Mg+2]. The quantitative estimate of drug-likeness (QED) is 0.339. The van der Waals surface area contributed by atoms with Crippen LogP contribution in [-0.2, 0) is 14.6 Å². The van der Waals surface area contributed by atoms with Crippen LogP contribution in [0.1, 0.15) is 74.0 Å². The van der Waals surface area contributed by atoms with Crippen LogP contribution < -0.4 is 0 Å². The van der Waals surface area contributed by atoms with Gasteiger partial charge in [-0.05, 0) is 6.42 Å². The van der Waals surface area contributed by atoms with E-state index in [4.69, 9.17) is 4.55 Å². The molecule has 0 aromatic heterocycles. The van der Waals surface area contributed by atoms with Gasteiger partial charge in [-0.3, -0.25) is 4.55 Å². The van der Waals surface area contributed by atoms with Gasteiger partial charge in [0.25, 0.3) is 0 Å². The van der Waals surface area contributed by atoms with Crippen LogP contribution in [0.4, 0.5) is 0 Å². The third-order valence-corrected chi connectivity index (χ3v) is 3.19. The minimum absolute atomic E-state index is 0. The molecule has 0 heterocycles. The van der Waals surface area contributed by atoms with Gasteiger partial charge in [-0.1, -0.05) is 64.7 Å². The summed E-state index contributed by atoms with van der Waals surface area (Å²) in [6, 6.07) is 0. The van der Waals surface area contributed by atoms with Crippen molar-refractivity contribution in [2.24, 2.45) is 0 Å². The first kappa shape index (κ1) is 20.9. The van der Waals surface area contributed by atoms with Crippen LogP contribution in [0.2, 0.25) is 0 Å². The summed E-state index contributed by atoms with van der Waals surface area (Å²) in [6.07, 6.45) is 11.9. The van der Waals surface area contributed by atoms with Crippen molar-refractivity contribution in [2.45, 2.75) is 71.1 Å². The molecule has 0 saturated carbocycles. The minimum Gasteiger partial charge on any atom is -1.00 e. The first-order valence-corrected chi connectivity index (χ1v) is 8.04. The molecule has 0 spiro atoms. The summed E-state index contributed by atoms with van der Waals surface area (Å²) >= 11 is 0. The third kappa shape index (κ3) is 19.0. The van der Waals surface area contributed by atoms with E-state index in [1.165, 1.54) is 44.9 Å². The predicted octanol–water partition coefficient (Wildman–Crippen LogP) is 3.57. The topological polar surface area (TPSA) is 63.6 Å². The molecule has 108 valence electrons. The zero-order valence-corrected chi connectivity index (χ0v) is 13.8. The number of hydrogen-bond donors (Lipinski definition) is 1. The second kappa shape index (κ2) is 14.1. The van der Waals surface area contributed by atoms with Crippen molar-refractivity contribution >= 4 is 33.5 Å². The molecule has 0 amide bonds. The molecule has 0 aliphatic heterocycles. The number of rotatable bonds is 12. The molecule has 0 aliphatic rings. The van der Waals surface area contributed by atoms with Crippen LogP contribution >= 0.6 is 0 Å². The molecule has 0 aromatic carbocycles. The van der Waals surface area contributed by atoms with Gasteiger partial charge in [0.05, 0.1) is 6.61 Å². The molecule has 0 rings (SSSR count). The Morgan fingerprint density at radius 1 is 0.889 bits per heavy atom. The normalized spacial score (nSPS) is 11.2. The first-order valence-electron chi connectivity index (χ1n) is 6.68. The Labute approximate surface area is 131 Å². The van der Waals surface area contributed by atoms with Crippen molar-refractivity contribution in [2.75, 3.05) is 6.61 Å². The van der Waals surface area contributed by atoms with E-state index < -0.39 is 10.4 Å². The van der Waals surface area contributed by atoms with E-state index in [1.54, 1.807) is 0 Å². The van der Waals surface area contributed by atoms with E-state index >= 15 is 0 Å². The molecule has 0 fully saturated rings. The van der Waals surface area contributed by atoms with Crippen molar-refractivity contribution in [3.8, 4) is 0 Å². The Morgan fingerprint density at radius 3 is 1.67 bits per heavy atom. The Bertz CT molecular complexity index is 264. The summed E-state index contributed by atoms with van der Waals surface area (Å²) in [5.74, 6) is 0. The molecule has 0 atom stereocenters. The van der Waals surface area contributed by atoms with Crippen LogP contribution in [-0.4, -0.2) is 42.6 Å². The Balaban J connectivity index is -0.000000427. The van der Waals surface area contributed by atoms with Crippen LogP contribution in [0.5, 0.6) is 0 Å². The maximum atomic E-state index is 10.2. The van der Waals surface area contributed by atoms with Crippen molar-refractivity contribution in [1.29, 1.82) is 0 Å². The molecule has 0 radical (unpaired) electrons. The standard InChI is InChI=1S/C12H26O4S.Mg.2H/c1-2-3-4-5-6-7-8-9-10-11-12-16-17(13,14)15;;;/h2-12H2,1H3,(H,13,14,15);;;/q;+2;2*-1. The Hall–Kier alpha value is 0.636. The first-order chi connectivity index (χ1) is 8.06. The molecular formula is C12H28MgO4S. The molecular weight excluding hydrogens is 264 g/mol. The third-order valence-electron chi connectivity index (χ3n) is 2.73. The largest absolute Gasteiger partial charge is 2.00 e. The van der Waals surface area contributed by atoms with Crippen LogP contribution in [0.25, 0.3) is 0 Å². The fourth-order valence-electron chi connectivity index (χ4n) is 1.75. The van der Waals surface area contributed by atoms with Gasteiger partial charge in [-0.25, -0.2) is 4.18 Å². The van der Waals surface area contributed by atoms with Gasteiger partial charge in [-0.2, -0.15) is 8.42 Å². The summed E-state index contributed by atoms with van der Waals surface area (Å²) in [6.45, 7) is 2.31. The van der Waals surface area contributed by atoms with Gasteiger partial charge >= 0.3 is 33.5 Å². The predicted molar refractivity (Wildman–Crippen MR) is 77.3 cm³/mol. The van der Waals surface area contributed by atoms with Crippen molar-refractivity contribution < 1.29 is 20.0 Å². The van der Waals surface area contributed by atoms with Gasteiger partial charge in [0.1, 0.15) is 0 Å². The van der Waals surface area contributed by atoms with Crippen LogP contribution in [0.3, 0.4) is 0 Å². The zero-order valence-electron chi connectivity index (χ0n) is 13.6. The molecule has 0 aliphatic carbocycles. The average Bonchev–Trinajstić information content (AvgIpc) is 2.24. The van der Waals surface area contributed by atoms with Crippen LogP contribution in [0, 0.1) is 0 Å². The maximum absolute atomic E-state index is 10.2. The number of hydrogen-bond acceptors (Lipinski definition) is 3. The van der Waals surface area contributed by atoms with E-state index in [0.29, 0.717) is 6.42 Å². The van der Waals surface area contributed by atoms with E-state index in [1.807, 2.05) is 0 Å². The fourth-order valence-corrected chi connectivity index (χ4v) is 2.08. The smallest absolute Gasteiger partial charge is 1.00 e. The van der Waals surface area contributed by atoms with Crippen molar-refractivity contribution in [1.82, 2.24) is 0 Å². The Kier molecular flexibility index (Phi) is 16.4. The zero-order chi connectivity index (χ0) is 13.0. The van der Waals surface area contributed by atoms with E-state index in [2.05, 4.69) is 11.1 Å². The average molecular weight is 293 g/mol. The molecule has 4 nitrogen and oxygen atoms in total. The summed E-state index contributed by atoms with van der Waals surface area (Å²) in [5, 5.41) is 0. The molecule has 0 saturated heterocycles. The van der Waals surface area contributed by atoms with Gasteiger partial charge in [0.15, 0.2) is 0 Å². The molecule has 6 heteroatoms. The fraction of sp³-hybridized carbons (Fsp3) is 1.00. The van der Waals surface area contributed by atoms with Crippen LogP contribution in [0.15, 0.2) is 0 Å². The maximum Gasteiger partial charge on any atom is 2.00 e. The molecule has 18 heavy (non-hydrogen) atoms. The van der Waals surface area contributed by atoms with E-state index in [-0.39, 0.29) is 32.5 Å².